The minimum Gasteiger partial charge on any atom is -0.477 e. The number of fused-ring (bicyclic) bond motifs is 1. The van der Waals surface area contributed by atoms with E-state index in [1.54, 1.807) is 0 Å². The second-order valence-electron chi connectivity index (χ2n) is 4.79. The predicted molar refractivity (Wildman–Crippen MR) is 79.0 cm³/mol. The van der Waals surface area contributed by atoms with Gasteiger partial charge in [-0.1, -0.05) is 19.1 Å². The number of ether oxygens (including phenoxy) is 1. The third kappa shape index (κ3) is 1.99. The smallest absolute Gasteiger partial charge is 0.348 e. The van der Waals surface area contributed by atoms with Crippen molar-refractivity contribution in [3.05, 3.63) is 39.8 Å². The lowest BCUT2D eigenvalue weighted by molar-refractivity contribution is 0.0703. The molecule has 0 radical (unpaired) electrons. The molecule has 1 aromatic heterocycles. The van der Waals surface area contributed by atoms with Crippen LogP contribution in [-0.4, -0.2) is 11.1 Å². The number of hydrogen-bond donors (Lipinski definition) is 2. The van der Waals surface area contributed by atoms with Gasteiger partial charge in [-0.25, -0.2) is 4.79 Å². The van der Waals surface area contributed by atoms with Crippen LogP contribution >= 0.6 is 11.3 Å². The van der Waals surface area contributed by atoms with Crippen molar-refractivity contribution in [3.63, 3.8) is 0 Å². The van der Waals surface area contributed by atoms with E-state index in [-0.39, 0.29) is 4.88 Å². The molecule has 3 N–H and O–H groups in total. The first-order valence-corrected chi connectivity index (χ1v) is 7.27. The molecule has 0 atom stereocenters. The number of nitrogen functional groups attached to an aromatic ring is 1. The van der Waals surface area contributed by atoms with Crippen molar-refractivity contribution in [2.45, 2.75) is 26.6 Å². The largest absolute Gasteiger partial charge is 0.477 e. The molecule has 0 aliphatic carbocycles. The van der Waals surface area contributed by atoms with Gasteiger partial charge < -0.3 is 15.6 Å². The van der Waals surface area contributed by atoms with E-state index in [0.29, 0.717) is 18.9 Å². The quantitative estimate of drug-likeness (QED) is 0.909. The van der Waals surface area contributed by atoms with Crippen LogP contribution in [-0.2, 0) is 24.4 Å². The first-order valence-electron chi connectivity index (χ1n) is 6.46. The molecule has 0 bridgehead atoms. The van der Waals surface area contributed by atoms with Crippen LogP contribution in [0, 0.1) is 0 Å². The normalized spacial score (nSPS) is 13.4. The molecule has 0 saturated heterocycles. The van der Waals surface area contributed by atoms with E-state index in [2.05, 4.69) is 6.07 Å². The molecule has 1 aliphatic rings. The highest BCUT2D eigenvalue weighted by molar-refractivity contribution is 7.18. The Morgan fingerprint density at radius 2 is 2.15 bits per heavy atom. The maximum absolute atomic E-state index is 11.2. The van der Waals surface area contributed by atoms with Crippen molar-refractivity contribution in [2.24, 2.45) is 0 Å². The molecule has 2 heterocycles. The minimum atomic E-state index is -0.960. The number of hydrogen-bond acceptors (Lipinski definition) is 4. The lowest BCUT2D eigenvalue weighted by Gasteiger charge is -2.05. The van der Waals surface area contributed by atoms with E-state index in [4.69, 9.17) is 10.5 Å². The summed E-state index contributed by atoms with van der Waals surface area (Å²) >= 11 is 1.25. The number of rotatable bonds is 3. The number of anilines is 1. The molecule has 5 heteroatoms. The maximum atomic E-state index is 11.2. The Balaban J connectivity index is 2.14. The van der Waals surface area contributed by atoms with E-state index in [9.17, 15) is 9.90 Å². The van der Waals surface area contributed by atoms with Crippen LogP contribution in [0.25, 0.3) is 10.4 Å². The summed E-state index contributed by atoms with van der Waals surface area (Å²) in [6.07, 6.45) is 0.721. The van der Waals surface area contributed by atoms with E-state index < -0.39 is 5.97 Å². The monoisotopic (exact) mass is 289 g/mol. The molecule has 0 spiro atoms. The van der Waals surface area contributed by atoms with Crippen LogP contribution in [0.4, 0.5) is 5.69 Å². The Morgan fingerprint density at radius 3 is 2.85 bits per heavy atom. The topological polar surface area (TPSA) is 72.5 Å². The Morgan fingerprint density at radius 1 is 1.40 bits per heavy atom. The van der Waals surface area contributed by atoms with E-state index >= 15 is 0 Å². The summed E-state index contributed by atoms with van der Waals surface area (Å²) in [5, 5.41) is 9.21. The van der Waals surface area contributed by atoms with Crippen molar-refractivity contribution in [2.75, 3.05) is 5.73 Å². The molecule has 104 valence electrons. The van der Waals surface area contributed by atoms with Crippen LogP contribution in [0.3, 0.4) is 0 Å². The maximum Gasteiger partial charge on any atom is 0.348 e. The molecule has 0 amide bonds. The standard InChI is InChI=1S/C15H15NO3S/c1-2-11-12(16)14(15(17)18)20-13(11)8-3-4-9-6-19-7-10(9)5-8/h3-5H,2,6-7,16H2,1H3,(H,17,18). The molecule has 20 heavy (non-hydrogen) atoms. The van der Waals surface area contributed by atoms with Gasteiger partial charge in [0, 0.05) is 4.88 Å². The molecule has 2 aromatic rings. The SMILES string of the molecule is CCc1c(-c2ccc3c(c2)COC3)sc(C(=O)O)c1N. The summed E-state index contributed by atoms with van der Waals surface area (Å²) in [5.74, 6) is -0.960. The molecular formula is C15H15NO3S. The number of nitrogens with two attached hydrogens (primary N) is 1. The summed E-state index contributed by atoms with van der Waals surface area (Å²) in [5.41, 5.74) is 10.7. The Hall–Kier alpha value is -1.85. The van der Waals surface area contributed by atoms with Gasteiger partial charge in [0.25, 0.3) is 0 Å². The zero-order valence-electron chi connectivity index (χ0n) is 11.1. The van der Waals surface area contributed by atoms with Crippen LogP contribution < -0.4 is 5.73 Å². The fourth-order valence-electron chi connectivity index (χ4n) is 2.53. The summed E-state index contributed by atoms with van der Waals surface area (Å²) in [7, 11) is 0. The van der Waals surface area contributed by atoms with Gasteiger partial charge in [-0.15, -0.1) is 11.3 Å². The summed E-state index contributed by atoms with van der Waals surface area (Å²) in [4.78, 5) is 12.4. The molecule has 0 fully saturated rings. The predicted octanol–water partition coefficient (Wildman–Crippen LogP) is 3.29. The molecule has 0 unspecified atom stereocenters. The summed E-state index contributed by atoms with van der Waals surface area (Å²) in [6.45, 7) is 3.27. The molecule has 3 rings (SSSR count). The zero-order valence-corrected chi connectivity index (χ0v) is 11.9. The zero-order chi connectivity index (χ0) is 14.3. The van der Waals surface area contributed by atoms with Crippen molar-refractivity contribution < 1.29 is 14.6 Å². The highest BCUT2D eigenvalue weighted by atomic mass is 32.1. The molecule has 1 aromatic carbocycles. The highest BCUT2D eigenvalue weighted by Crippen LogP contribution is 2.40. The Bertz CT molecular complexity index is 691. The number of aromatic carboxylic acids is 1. The molecule has 0 saturated carbocycles. The van der Waals surface area contributed by atoms with Crippen LogP contribution in [0.2, 0.25) is 0 Å². The van der Waals surface area contributed by atoms with Gasteiger partial charge in [0.05, 0.1) is 18.9 Å². The molecule has 4 nitrogen and oxygen atoms in total. The van der Waals surface area contributed by atoms with Crippen molar-refractivity contribution in [3.8, 4) is 10.4 Å². The number of carboxylic acids is 1. The van der Waals surface area contributed by atoms with E-state index in [1.165, 1.54) is 22.5 Å². The third-order valence-corrected chi connectivity index (χ3v) is 4.86. The summed E-state index contributed by atoms with van der Waals surface area (Å²) < 4.78 is 5.41. The van der Waals surface area contributed by atoms with Crippen LogP contribution in [0.5, 0.6) is 0 Å². The average Bonchev–Trinajstić information content (AvgIpc) is 3.01. The van der Waals surface area contributed by atoms with Crippen molar-refractivity contribution >= 4 is 23.0 Å². The van der Waals surface area contributed by atoms with Crippen LogP contribution in [0.1, 0.15) is 33.3 Å². The second-order valence-corrected chi connectivity index (χ2v) is 5.81. The fraction of sp³-hybridized carbons (Fsp3) is 0.267. The summed E-state index contributed by atoms with van der Waals surface area (Å²) in [6, 6.07) is 6.15. The van der Waals surface area contributed by atoms with Gasteiger partial charge in [-0.3, -0.25) is 0 Å². The Labute approximate surface area is 120 Å². The minimum absolute atomic E-state index is 0.230. The van der Waals surface area contributed by atoms with Crippen LogP contribution in [0.15, 0.2) is 18.2 Å². The Kier molecular flexibility index (Phi) is 3.23. The number of thiophene rings is 1. The van der Waals surface area contributed by atoms with Gasteiger partial charge in [-0.2, -0.15) is 0 Å². The van der Waals surface area contributed by atoms with Gasteiger partial charge >= 0.3 is 5.97 Å². The third-order valence-electron chi connectivity index (χ3n) is 3.58. The molecular weight excluding hydrogens is 274 g/mol. The van der Waals surface area contributed by atoms with Gasteiger partial charge in [0.15, 0.2) is 0 Å². The lowest BCUT2D eigenvalue weighted by atomic mass is 10.0. The van der Waals surface area contributed by atoms with E-state index in [0.717, 1.165) is 22.4 Å². The fourth-order valence-corrected chi connectivity index (χ4v) is 3.68. The van der Waals surface area contributed by atoms with Crippen molar-refractivity contribution in [1.29, 1.82) is 0 Å². The second kappa shape index (κ2) is 4.92. The lowest BCUT2D eigenvalue weighted by Crippen LogP contribution is -1.99. The van der Waals surface area contributed by atoms with E-state index in [1.807, 2.05) is 19.1 Å². The highest BCUT2D eigenvalue weighted by Gasteiger charge is 2.21. The first-order chi connectivity index (χ1) is 9.61. The number of carboxylic acid groups (broad SMARTS) is 1. The molecule has 1 aliphatic heterocycles. The average molecular weight is 289 g/mol. The van der Waals surface area contributed by atoms with Gasteiger partial charge in [-0.05, 0) is 34.7 Å². The number of benzene rings is 1. The first kappa shape index (κ1) is 13.1. The van der Waals surface area contributed by atoms with Gasteiger partial charge in [0.2, 0.25) is 0 Å². The van der Waals surface area contributed by atoms with Gasteiger partial charge in [0.1, 0.15) is 4.88 Å². The van der Waals surface area contributed by atoms with Crippen molar-refractivity contribution in [1.82, 2.24) is 0 Å². The number of carbonyl (C=O) groups is 1.